The molecule has 19 heavy (non-hydrogen) atoms. The zero-order valence-electron chi connectivity index (χ0n) is 11.0. The maximum Gasteiger partial charge on any atom is 0.119 e. The maximum absolute atomic E-state index is 10.6. The Balaban J connectivity index is 1.95. The average molecular weight is 254 g/mol. The van der Waals surface area contributed by atoms with Crippen LogP contribution in [0, 0.1) is 0 Å². The summed E-state index contributed by atoms with van der Waals surface area (Å²) in [6.45, 7) is 0. The van der Waals surface area contributed by atoms with Gasteiger partial charge in [0.05, 0.1) is 13.2 Å². The van der Waals surface area contributed by atoms with E-state index >= 15 is 0 Å². The molecule has 0 saturated carbocycles. The normalized spacial score (nSPS) is 21.8. The van der Waals surface area contributed by atoms with Crippen LogP contribution in [0.25, 0.3) is 0 Å². The number of hydrogen-bond acceptors (Lipinski definition) is 2. The summed E-state index contributed by atoms with van der Waals surface area (Å²) in [6, 6.07) is 16.2. The molecule has 2 nitrogen and oxygen atoms in total. The van der Waals surface area contributed by atoms with E-state index in [0.29, 0.717) is 0 Å². The molecule has 0 bridgehead atoms. The molecule has 0 spiro atoms. The lowest BCUT2D eigenvalue weighted by molar-refractivity contribution is 0.131. The topological polar surface area (TPSA) is 29.5 Å². The van der Waals surface area contributed by atoms with Gasteiger partial charge in [-0.15, -0.1) is 0 Å². The van der Waals surface area contributed by atoms with Crippen molar-refractivity contribution in [2.75, 3.05) is 7.11 Å². The first kappa shape index (κ1) is 12.2. The van der Waals surface area contributed by atoms with Crippen LogP contribution in [-0.4, -0.2) is 12.2 Å². The summed E-state index contributed by atoms with van der Waals surface area (Å²) in [6.07, 6.45) is 1.58. The molecule has 2 aromatic carbocycles. The average Bonchev–Trinajstić information content (AvgIpc) is 2.48. The van der Waals surface area contributed by atoms with Crippen LogP contribution < -0.4 is 4.74 Å². The van der Waals surface area contributed by atoms with Crippen LogP contribution in [0.1, 0.15) is 35.1 Å². The highest BCUT2D eigenvalue weighted by molar-refractivity contribution is 5.38. The van der Waals surface area contributed by atoms with Crippen molar-refractivity contribution in [2.24, 2.45) is 0 Å². The molecule has 2 aromatic rings. The third-order valence-corrected chi connectivity index (χ3v) is 4.00. The second-order valence-corrected chi connectivity index (χ2v) is 5.07. The van der Waals surface area contributed by atoms with Crippen LogP contribution in [0.5, 0.6) is 5.75 Å². The van der Waals surface area contributed by atoms with Crippen LogP contribution in [0.4, 0.5) is 0 Å². The summed E-state index contributed by atoms with van der Waals surface area (Å²) in [5.41, 5.74) is 3.50. The first-order valence-corrected chi connectivity index (χ1v) is 6.69. The number of aryl methyl sites for hydroxylation is 1. The van der Waals surface area contributed by atoms with Gasteiger partial charge < -0.3 is 9.84 Å². The lowest BCUT2D eigenvalue weighted by atomic mass is 9.78. The van der Waals surface area contributed by atoms with Gasteiger partial charge in [-0.3, -0.25) is 0 Å². The SMILES string of the molecule is COc1cccc([C@H]2CCc3ccccc3[C@H]2O)c1. The molecule has 1 aliphatic carbocycles. The van der Waals surface area contributed by atoms with Gasteiger partial charge in [0, 0.05) is 5.92 Å². The van der Waals surface area contributed by atoms with Crippen LogP contribution in [-0.2, 0) is 6.42 Å². The van der Waals surface area contributed by atoms with Crippen molar-refractivity contribution < 1.29 is 9.84 Å². The van der Waals surface area contributed by atoms with Crippen molar-refractivity contribution in [3.05, 3.63) is 65.2 Å². The molecule has 0 aromatic heterocycles. The van der Waals surface area contributed by atoms with Crippen LogP contribution in [0.15, 0.2) is 48.5 Å². The maximum atomic E-state index is 10.6. The van der Waals surface area contributed by atoms with Gasteiger partial charge in [0.15, 0.2) is 0 Å². The molecule has 0 fully saturated rings. The minimum Gasteiger partial charge on any atom is -0.497 e. The molecular formula is C17H18O2. The van der Waals surface area contributed by atoms with Gasteiger partial charge in [-0.25, -0.2) is 0 Å². The Kier molecular flexibility index (Phi) is 3.26. The van der Waals surface area contributed by atoms with E-state index in [4.69, 9.17) is 4.74 Å². The van der Waals surface area contributed by atoms with Gasteiger partial charge in [-0.1, -0.05) is 36.4 Å². The number of rotatable bonds is 2. The monoisotopic (exact) mass is 254 g/mol. The fourth-order valence-electron chi connectivity index (χ4n) is 2.96. The van der Waals surface area contributed by atoms with E-state index in [1.165, 1.54) is 5.56 Å². The molecule has 1 aliphatic rings. The zero-order chi connectivity index (χ0) is 13.2. The zero-order valence-corrected chi connectivity index (χ0v) is 11.0. The third kappa shape index (κ3) is 2.24. The molecule has 0 amide bonds. The Labute approximate surface area is 113 Å². The molecule has 3 rings (SSSR count). The van der Waals surface area contributed by atoms with E-state index in [2.05, 4.69) is 12.1 Å². The lowest BCUT2D eigenvalue weighted by Gasteiger charge is -2.30. The number of methoxy groups -OCH3 is 1. The summed E-state index contributed by atoms with van der Waals surface area (Å²) in [5, 5.41) is 10.6. The van der Waals surface area contributed by atoms with Crippen molar-refractivity contribution in [3.63, 3.8) is 0 Å². The van der Waals surface area contributed by atoms with Crippen LogP contribution in [0.2, 0.25) is 0 Å². The van der Waals surface area contributed by atoms with E-state index in [1.807, 2.05) is 36.4 Å². The molecule has 0 unspecified atom stereocenters. The van der Waals surface area contributed by atoms with Crippen molar-refractivity contribution in [2.45, 2.75) is 24.9 Å². The van der Waals surface area contributed by atoms with Gasteiger partial charge in [0.1, 0.15) is 5.75 Å². The molecule has 0 radical (unpaired) electrons. The highest BCUT2D eigenvalue weighted by Gasteiger charge is 2.28. The van der Waals surface area contributed by atoms with Crippen molar-refractivity contribution in [1.29, 1.82) is 0 Å². The Morgan fingerprint density at radius 1 is 1.11 bits per heavy atom. The summed E-state index contributed by atoms with van der Waals surface area (Å²) >= 11 is 0. The van der Waals surface area contributed by atoms with Crippen molar-refractivity contribution in [1.82, 2.24) is 0 Å². The fraction of sp³-hybridized carbons (Fsp3) is 0.294. The molecule has 0 heterocycles. The first-order chi connectivity index (χ1) is 9.29. The summed E-state index contributed by atoms with van der Waals surface area (Å²) < 4.78 is 5.27. The summed E-state index contributed by atoms with van der Waals surface area (Å²) in [7, 11) is 1.67. The third-order valence-electron chi connectivity index (χ3n) is 4.00. The summed E-state index contributed by atoms with van der Waals surface area (Å²) in [4.78, 5) is 0. The van der Waals surface area contributed by atoms with Gasteiger partial charge in [-0.2, -0.15) is 0 Å². The highest BCUT2D eigenvalue weighted by atomic mass is 16.5. The van der Waals surface area contributed by atoms with Gasteiger partial charge in [-0.05, 0) is 41.7 Å². The number of hydrogen-bond donors (Lipinski definition) is 1. The quantitative estimate of drug-likeness (QED) is 0.889. The van der Waals surface area contributed by atoms with E-state index < -0.39 is 6.10 Å². The molecule has 2 heteroatoms. The van der Waals surface area contributed by atoms with Gasteiger partial charge >= 0.3 is 0 Å². The smallest absolute Gasteiger partial charge is 0.119 e. The minimum atomic E-state index is -0.419. The predicted octanol–water partition coefficient (Wildman–Crippen LogP) is 3.46. The lowest BCUT2D eigenvalue weighted by Crippen LogP contribution is -2.18. The Bertz CT molecular complexity index is 577. The number of benzene rings is 2. The largest absolute Gasteiger partial charge is 0.497 e. The Morgan fingerprint density at radius 3 is 2.79 bits per heavy atom. The molecular weight excluding hydrogens is 236 g/mol. The Hall–Kier alpha value is -1.80. The van der Waals surface area contributed by atoms with E-state index in [1.54, 1.807) is 7.11 Å². The van der Waals surface area contributed by atoms with E-state index in [0.717, 1.165) is 29.7 Å². The molecule has 2 atom stereocenters. The van der Waals surface area contributed by atoms with Gasteiger partial charge in [0.25, 0.3) is 0 Å². The summed E-state index contributed by atoms with van der Waals surface area (Å²) in [5.74, 6) is 1.01. The second kappa shape index (κ2) is 5.06. The Morgan fingerprint density at radius 2 is 1.95 bits per heavy atom. The highest BCUT2D eigenvalue weighted by Crippen LogP contribution is 2.41. The number of fused-ring (bicyclic) bond motifs is 1. The van der Waals surface area contributed by atoms with Crippen LogP contribution in [0.3, 0.4) is 0 Å². The second-order valence-electron chi connectivity index (χ2n) is 5.07. The van der Waals surface area contributed by atoms with Crippen molar-refractivity contribution in [3.8, 4) is 5.75 Å². The fourth-order valence-corrected chi connectivity index (χ4v) is 2.96. The number of aliphatic hydroxyl groups is 1. The van der Waals surface area contributed by atoms with E-state index in [-0.39, 0.29) is 5.92 Å². The predicted molar refractivity (Wildman–Crippen MR) is 75.5 cm³/mol. The van der Waals surface area contributed by atoms with Crippen LogP contribution >= 0.6 is 0 Å². The molecule has 0 saturated heterocycles. The number of aliphatic hydroxyl groups excluding tert-OH is 1. The molecule has 0 aliphatic heterocycles. The molecule has 98 valence electrons. The van der Waals surface area contributed by atoms with Gasteiger partial charge in [0.2, 0.25) is 0 Å². The minimum absolute atomic E-state index is 0.157. The molecule has 1 N–H and O–H groups in total. The van der Waals surface area contributed by atoms with E-state index in [9.17, 15) is 5.11 Å². The van der Waals surface area contributed by atoms with Crippen molar-refractivity contribution >= 4 is 0 Å². The standard InChI is InChI=1S/C17H18O2/c1-19-14-7-4-6-13(11-14)16-10-9-12-5-2-3-8-15(12)17(16)18/h2-8,11,16-18H,9-10H2,1H3/t16-,17-/m1/s1. The first-order valence-electron chi connectivity index (χ1n) is 6.69. The number of ether oxygens (including phenoxy) is 1.